The number of rotatable bonds is 2. The summed E-state index contributed by atoms with van der Waals surface area (Å²) in [4.78, 5) is 32.4. The van der Waals surface area contributed by atoms with E-state index in [1.54, 1.807) is 17.3 Å². The van der Waals surface area contributed by atoms with Gasteiger partial charge in [-0.3, -0.25) is 14.7 Å². The van der Waals surface area contributed by atoms with Crippen molar-refractivity contribution in [1.29, 1.82) is 0 Å². The summed E-state index contributed by atoms with van der Waals surface area (Å²) < 4.78 is 0. The zero-order valence-electron chi connectivity index (χ0n) is 13.5. The van der Waals surface area contributed by atoms with Crippen molar-refractivity contribution in [3.63, 3.8) is 0 Å². The Balaban J connectivity index is 1.88. The van der Waals surface area contributed by atoms with Gasteiger partial charge in [0.25, 0.3) is 5.91 Å². The largest absolute Gasteiger partial charge is 0.327 e. The van der Waals surface area contributed by atoms with Crippen LogP contribution in [0.3, 0.4) is 0 Å². The van der Waals surface area contributed by atoms with E-state index in [0.717, 1.165) is 30.4 Å². The minimum absolute atomic E-state index is 0.0445. The van der Waals surface area contributed by atoms with E-state index in [2.05, 4.69) is 25.8 Å². The lowest BCUT2D eigenvalue weighted by molar-refractivity contribution is -0.129. The molecule has 2 aliphatic heterocycles. The Morgan fingerprint density at radius 1 is 1.27 bits per heavy atom. The molecule has 3 rings (SSSR count). The number of pyridine rings is 1. The third-order valence-corrected chi connectivity index (χ3v) is 4.57. The summed E-state index contributed by atoms with van der Waals surface area (Å²) in [5.74, 6) is -0.0478. The summed E-state index contributed by atoms with van der Waals surface area (Å²) in [7, 11) is 0. The first-order valence-electron chi connectivity index (χ1n) is 7.95. The van der Waals surface area contributed by atoms with E-state index >= 15 is 0 Å². The Morgan fingerprint density at radius 2 is 2.05 bits per heavy atom. The fraction of sp³-hybridized carbons (Fsp3) is 0.588. The van der Waals surface area contributed by atoms with Gasteiger partial charge in [-0.2, -0.15) is 0 Å². The molecule has 0 aliphatic carbocycles. The number of nitrogens with zero attached hydrogens (tertiary/aromatic N) is 3. The van der Waals surface area contributed by atoms with Gasteiger partial charge in [0.1, 0.15) is 6.04 Å². The lowest BCUT2D eigenvalue weighted by Gasteiger charge is -2.26. The monoisotopic (exact) mass is 301 g/mol. The van der Waals surface area contributed by atoms with Gasteiger partial charge in [-0.25, -0.2) is 4.79 Å². The molecule has 3 heterocycles. The van der Waals surface area contributed by atoms with Crippen LogP contribution in [0, 0.1) is 0 Å². The highest BCUT2D eigenvalue weighted by atomic mass is 16.2. The predicted molar refractivity (Wildman–Crippen MR) is 83.2 cm³/mol. The number of piperidine rings is 1. The van der Waals surface area contributed by atoms with Crippen LogP contribution in [0.5, 0.6) is 0 Å². The van der Waals surface area contributed by atoms with Crippen LogP contribution in [0.2, 0.25) is 0 Å². The predicted octanol–water partition coefficient (Wildman–Crippen LogP) is 2.70. The topological polar surface area (TPSA) is 53.5 Å². The molecule has 0 radical (unpaired) electrons. The molecule has 1 aromatic heterocycles. The molecule has 22 heavy (non-hydrogen) atoms. The van der Waals surface area contributed by atoms with Crippen LogP contribution < -0.4 is 0 Å². The van der Waals surface area contributed by atoms with E-state index in [4.69, 9.17) is 0 Å². The molecular weight excluding hydrogens is 278 g/mol. The first-order valence-corrected chi connectivity index (χ1v) is 7.95. The molecule has 0 saturated carbocycles. The van der Waals surface area contributed by atoms with Crippen LogP contribution in [0.15, 0.2) is 18.5 Å². The van der Waals surface area contributed by atoms with Crippen LogP contribution in [0.25, 0.3) is 0 Å². The van der Waals surface area contributed by atoms with Gasteiger partial charge < -0.3 is 4.90 Å². The maximum absolute atomic E-state index is 12.6. The van der Waals surface area contributed by atoms with Gasteiger partial charge in [0.2, 0.25) is 0 Å². The number of fused-ring (bicyclic) bond motifs is 1. The SMILES string of the molecule is CC(C)(C)c1ccncc1CN1C(=O)[C@H]2CCCCN2C1=O. The molecule has 0 spiro atoms. The molecule has 0 bridgehead atoms. The molecule has 3 amide bonds. The lowest BCUT2D eigenvalue weighted by Crippen LogP contribution is -2.39. The normalized spacial score (nSPS) is 22.2. The summed E-state index contributed by atoms with van der Waals surface area (Å²) in [6, 6.07) is 1.60. The molecule has 0 aromatic carbocycles. The van der Waals surface area contributed by atoms with Gasteiger partial charge in [0.05, 0.1) is 6.54 Å². The molecule has 1 atom stereocenters. The molecule has 1 aromatic rings. The number of aromatic nitrogens is 1. The van der Waals surface area contributed by atoms with Gasteiger partial charge in [-0.05, 0) is 41.9 Å². The zero-order valence-corrected chi connectivity index (χ0v) is 13.5. The Kier molecular flexibility index (Phi) is 3.67. The second-order valence-corrected chi connectivity index (χ2v) is 7.19. The summed E-state index contributed by atoms with van der Waals surface area (Å²) in [5.41, 5.74) is 2.04. The van der Waals surface area contributed by atoms with Crippen molar-refractivity contribution in [2.24, 2.45) is 0 Å². The van der Waals surface area contributed by atoms with E-state index in [9.17, 15) is 9.59 Å². The van der Waals surface area contributed by atoms with Crippen LogP contribution >= 0.6 is 0 Å². The smallest absolute Gasteiger partial charge is 0.312 e. The number of hydrogen-bond donors (Lipinski definition) is 0. The average Bonchev–Trinajstić information content (AvgIpc) is 2.72. The Bertz CT molecular complexity index is 582. The maximum Gasteiger partial charge on any atom is 0.327 e. The Hall–Kier alpha value is -1.91. The third-order valence-electron chi connectivity index (χ3n) is 4.57. The number of imide groups is 1. The Morgan fingerprint density at radius 3 is 2.73 bits per heavy atom. The van der Waals surface area contributed by atoms with Gasteiger partial charge in [-0.1, -0.05) is 20.8 Å². The number of urea groups is 1. The van der Waals surface area contributed by atoms with E-state index in [1.165, 1.54) is 4.90 Å². The van der Waals surface area contributed by atoms with Gasteiger partial charge >= 0.3 is 6.03 Å². The highest BCUT2D eigenvalue weighted by Gasteiger charge is 2.45. The lowest BCUT2D eigenvalue weighted by atomic mass is 9.84. The van der Waals surface area contributed by atoms with E-state index < -0.39 is 0 Å². The number of amides is 3. The fourth-order valence-electron chi connectivity index (χ4n) is 3.45. The fourth-order valence-corrected chi connectivity index (χ4v) is 3.45. The standard InChI is InChI=1S/C17H23N3O2/c1-17(2,3)13-7-8-18-10-12(13)11-20-15(21)14-6-4-5-9-19(14)16(20)22/h7-8,10,14H,4-6,9,11H2,1-3H3/t14-/m1/s1. The summed E-state index contributed by atoms with van der Waals surface area (Å²) in [6.07, 6.45) is 6.34. The molecule has 118 valence electrons. The minimum Gasteiger partial charge on any atom is -0.312 e. The molecule has 2 fully saturated rings. The van der Waals surface area contributed by atoms with E-state index in [0.29, 0.717) is 13.1 Å². The average molecular weight is 301 g/mol. The van der Waals surface area contributed by atoms with E-state index in [1.807, 2.05) is 6.07 Å². The van der Waals surface area contributed by atoms with Crippen molar-refractivity contribution in [3.8, 4) is 0 Å². The second-order valence-electron chi connectivity index (χ2n) is 7.19. The van der Waals surface area contributed by atoms with Crippen LogP contribution in [-0.4, -0.2) is 39.3 Å². The van der Waals surface area contributed by atoms with Crippen LogP contribution in [-0.2, 0) is 16.8 Å². The van der Waals surface area contributed by atoms with Gasteiger partial charge in [-0.15, -0.1) is 0 Å². The third kappa shape index (κ3) is 2.49. The first-order chi connectivity index (χ1) is 10.4. The Labute approximate surface area is 131 Å². The highest BCUT2D eigenvalue weighted by molar-refractivity contribution is 6.04. The van der Waals surface area contributed by atoms with E-state index in [-0.39, 0.29) is 23.4 Å². The quantitative estimate of drug-likeness (QED) is 0.789. The second kappa shape index (κ2) is 5.38. The maximum atomic E-state index is 12.6. The molecule has 0 N–H and O–H groups in total. The van der Waals surface area contributed by atoms with Crippen molar-refractivity contribution >= 4 is 11.9 Å². The van der Waals surface area contributed by atoms with Crippen LogP contribution in [0.4, 0.5) is 4.79 Å². The van der Waals surface area contributed by atoms with Crippen LogP contribution in [0.1, 0.15) is 51.2 Å². The van der Waals surface area contributed by atoms with Gasteiger partial charge in [0.15, 0.2) is 0 Å². The van der Waals surface area contributed by atoms with Gasteiger partial charge in [0, 0.05) is 18.9 Å². The van der Waals surface area contributed by atoms with Crippen molar-refractivity contribution in [2.75, 3.05) is 6.54 Å². The highest BCUT2D eigenvalue weighted by Crippen LogP contribution is 2.30. The molecule has 2 saturated heterocycles. The molecular formula is C17H23N3O2. The van der Waals surface area contributed by atoms with Crippen molar-refractivity contribution in [3.05, 3.63) is 29.6 Å². The molecule has 5 heteroatoms. The first kappa shape index (κ1) is 15.0. The summed E-state index contributed by atoms with van der Waals surface area (Å²) in [6.45, 7) is 7.41. The zero-order chi connectivity index (χ0) is 15.9. The number of carbonyl (C=O) groups is 2. The van der Waals surface area contributed by atoms with Crippen molar-refractivity contribution in [2.45, 2.75) is 58.0 Å². The molecule has 5 nitrogen and oxygen atoms in total. The summed E-state index contributed by atoms with van der Waals surface area (Å²) >= 11 is 0. The number of hydrogen-bond acceptors (Lipinski definition) is 3. The molecule has 0 unspecified atom stereocenters. The summed E-state index contributed by atoms with van der Waals surface area (Å²) in [5, 5.41) is 0. The molecule has 2 aliphatic rings. The van der Waals surface area contributed by atoms with Crippen molar-refractivity contribution in [1.82, 2.24) is 14.8 Å². The number of carbonyl (C=O) groups excluding carboxylic acids is 2. The van der Waals surface area contributed by atoms with Crippen molar-refractivity contribution < 1.29 is 9.59 Å². The minimum atomic E-state index is -0.240.